The Labute approximate surface area is 138 Å². The van der Waals surface area contributed by atoms with Crippen LogP contribution in [0.1, 0.15) is 11.1 Å². The zero-order chi connectivity index (χ0) is 16.9. The minimum Gasteiger partial charge on any atom is -0.504 e. The molecule has 0 aliphatic heterocycles. The second kappa shape index (κ2) is 6.87. The zero-order valence-corrected chi connectivity index (χ0v) is 13.1. The first kappa shape index (κ1) is 15.6. The van der Waals surface area contributed by atoms with Gasteiger partial charge >= 0.3 is 0 Å². The van der Waals surface area contributed by atoms with Crippen molar-refractivity contribution in [1.29, 1.82) is 0 Å². The number of aromatic amines is 1. The first-order valence-corrected chi connectivity index (χ1v) is 7.41. The molecule has 2 aromatic carbocycles. The van der Waals surface area contributed by atoms with E-state index in [1.807, 2.05) is 30.5 Å². The maximum absolute atomic E-state index is 12.0. The van der Waals surface area contributed by atoms with Gasteiger partial charge in [0.1, 0.15) is 0 Å². The number of fused-ring (bicyclic) bond motifs is 1. The third-order valence-electron chi connectivity index (χ3n) is 3.63. The number of hydrazone groups is 1. The van der Waals surface area contributed by atoms with Gasteiger partial charge in [0.25, 0.3) is 0 Å². The van der Waals surface area contributed by atoms with Crippen LogP contribution in [0.3, 0.4) is 0 Å². The third kappa shape index (κ3) is 3.38. The number of aromatic nitrogens is 1. The molecule has 122 valence electrons. The molecule has 6 nitrogen and oxygen atoms in total. The Balaban J connectivity index is 1.63. The number of nitrogens with one attached hydrogen (secondary N) is 2. The van der Waals surface area contributed by atoms with Crippen molar-refractivity contribution in [3.8, 4) is 11.5 Å². The number of methoxy groups -OCH3 is 1. The molecule has 0 spiro atoms. The molecule has 1 aromatic heterocycles. The van der Waals surface area contributed by atoms with Crippen LogP contribution in [-0.4, -0.2) is 29.3 Å². The van der Waals surface area contributed by atoms with Gasteiger partial charge in [0.05, 0.1) is 19.7 Å². The van der Waals surface area contributed by atoms with Crippen molar-refractivity contribution >= 4 is 23.0 Å². The molecule has 0 saturated heterocycles. The molecule has 0 bridgehead atoms. The Bertz CT molecular complexity index is 899. The largest absolute Gasteiger partial charge is 0.504 e. The van der Waals surface area contributed by atoms with Crippen LogP contribution in [0.25, 0.3) is 10.9 Å². The summed E-state index contributed by atoms with van der Waals surface area (Å²) in [7, 11) is 1.47. The van der Waals surface area contributed by atoms with E-state index in [0.29, 0.717) is 11.3 Å². The Morgan fingerprint density at radius 3 is 3.00 bits per heavy atom. The standard InChI is InChI=1S/C18H17N3O3/c1-24-17-8-12(6-7-16(17)22)10-20-21-18(23)9-13-11-19-15-5-3-2-4-14(13)15/h2-8,10-11,19,22H,9H2,1H3,(H,21,23). The number of hydrogen-bond donors (Lipinski definition) is 3. The summed E-state index contributed by atoms with van der Waals surface area (Å²) in [5.74, 6) is 0.198. The molecule has 0 radical (unpaired) electrons. The van der Waals surface area contributed by atoms with E-state index in [4.69, 9.17) is 4.74 Å². The molecule has 3 rings (SSSR count). The topological polar surface area (TPSA) is 86.7 Å². The van der Waals surface area contributed by atoms with Gasteiger partial charge in [0.2, 0.25) is 5.91 Å². The number of H-pyrrole nitrogens is 1. The number of carbonyl (C=O) groups is 1. The fraction of sp³-hybridized carbons (Fsp3) is 0.111. The van der Waals surface area contributed by atoms with E-state index in [9.17, 15) is 9.90 Å². The molecule has 0 unspecified atom stereocenters. The number of hydrogen-bond acceptors (Lipinski definition) is 4. The second-order valence-corrected chi connectivity index (χ2v) is 5.26. The van der Waals surface area contributed by atoms with Gasteiger partial charge in [-0.05, 0) is 35.4 Å². The Kier molecular flexibility index (Phi) is 4.47. The summed E-state index contributed by atoms with van der Waals surface area (Å²) in [6.45, 7) is 0. The molecule has 0 atom stereocenters. The highest BCUT2D eigenvalue weighted by Crippen LogP contribution is 2.25. The predicted octanol–water partition coefficient (Wildman–Crippen LogP) is 2.57. The van der Waals surface area contributed by atoms with E-state index in [1.165, 1.54) is 19.4 Å². The summed E-state index contributed by atoms with van der Waals surface area (Å²) < 4.78 is 5.02. The summed E-state index contributed by atoms with van der Waals surface area (Å²) in [4.78, 5) is 15.2. The highest BCUT2D eigenvalue weighted by atomic mass is 16.5. The van der Waals surface area contributed by atoms with Crippen molar-refractivity contribution in [2.75, 3.05) is 7.11 Å². The van der Waals surface area contributed by atoms with Crippen molar-refractivity contribution in [3.05, 3.63) is 59.8 Å². The number of aromatic hydroxyl groups is 1. The number of nitrogens with zero attached hydrogens (tertiary/aromatic N) is 1. The molecule has 0 aliphatic rings. The third-order valence-corrected chi connectivity index (χ3v) is 3.63. The highest BCUT2D eigenvalue weighted by Gasteiger charge is 2.07. The average molecular weight is 323 g/mol. The maximum Gasteiger partial charge on any atom is 0.244 e. The van der Waals surface area contributed by atoms with Crippen molar-refractivity contribution < 1.29 is 14.6 Å². The molecule has 0 fully saturated rings. The monoisotopic (exact) mass is 323 g/mol. The molecule has 3 N–H and O–H groups in total. The number of para-hydroxylation sites is 1. The van der Waals surface area contributed by atoms with Crippen LogP contribution in [0.4, 0.5) is 0 Å². The van der Waals surface area contributed by atoms with Crippen LogP contribution in [0.15, 0.2) is 53.8 Å². The molecule has 3 aromatic rings. The van der Waals surface area contributed by atoms with E-state index in [-0.39, 0.29) is 18.1 Å². The summed E-state index contributed by atoms with van der Waals surface area (Å²) in [5.41, 5.74) is 5.13. The second-order valence-electron chi connectivity index (χ2n) is 5.26. The Hall–Kier alpha value is -3.28. The molecule has 6 heteroatoms. The van der Waals surface area contributed by atoms with Gasteiger partial charge in [0.15, 0.2) is 11.5 Å². The minimum atomic E-state index is -0.207. The van der Waals surface area contributed by atoms with Crippen molar-refractivity contribution in [2.45, 2.75) is 6.42 Å². The highest BCUT2D eigenvalue weighted by molar-refractivity contribution is 5.89. The van der Waals surface area contributed by atoms with Gasteiger partial charge in [-0.1, -0.05) is 18.2 Å². The van der Waals surface area contributed by atoms with E-state index in [0.717, 1.165) is 16.5 Å². The lowest BCUT2D eigenvalue weighted by atomic mass is 10.1. The van der Waals surface area contributed by atoms with Gasteiger partial charge in [-0.3, -0.25) is 4.79 Å². The summed E-state index contributed by atoms with van der Waals surface area (Å²) in [6, 6.07) is 12.6. The number of benzene rings is 2. The zero-order valence-electron chi connectivity index (χ0n) is 13.1. The smallest absolute Gasteiger partial charge is 0.244 e. The lowest BCUT2D eigenvalue weighted by Crippen LogP contribution is -2.19. The maximum atomic E-state index is 12.0. The van der Waals surface area contributed by atoms with Crippen LogP contribution in [0.5, 0.6) is 11.5 Å². The van der Waals surface area contributed by atoms with Crippen LogP contribution in [-0.2, 0) is 11.2 Å². The summed E-state index contributed by atoms with van der Waals surface area (Å²) in [5, 5.41) is 14.5. The van der Waals surface area contributed by atoms with Crippen LogP contribution in [0, 0.1) is 0 Å². The van der Waals surface area contributed by atoms with E-state index in [2.05, 4.69) is 15.5 Å². The lowest BCUT2D eigenvalue weighted by Gasteiger charge is -2.03. The van der Waals surface area contributed by atoms with Crippen molar-refractivity contribution in [3.63, 3.8) is 0 Å². The predicted molar refractivity (Wildman–Crippen MR) is 92.4 cm³/mol. The number of rotatable bonds is 5. The van der Waals surface area contributed by atoms with Gasteiger partial charge < -0.3 is 14.8 Å². The quantitative estimate of drug-likeness (QED) is 0.498. The van der Waals surface area contributed by atoms with Gasteiger partial charge in [-0.2, -0.15) is 5.10 Å². The molecular weight excluding hydrogens is 306 g/mol. The molecule has 24 heavy (non-hydrogen) atoms. The first-order chi connectivity index (χ1) is 11.7. The molecule has 1 amide bonds. The van der Waals surface area contributed by atoms with Crippen LogP contribution >= 0.6 is 0 Å². The number of phenolic OH excluding ortho intramolecular Hbond substituents is 1. The van der Waals surface area contributed by atoms with Crippen LogP contribution < -0.4 is 10.2 Å². The van der Waals surface area contributed by atoms with Gasteiger partial charge in [-0.15, -0.1) is 0 Å². The van der Waals surface area contributed by atoms with Crippen molar-refractivity contribution in [1.82, 2.24) is 10.4 Å². The first-order valence-electron chi connectivity index (χ1n) is 7.41. The molecule has 0 aliphatic carbocycles. The lowest BCUT2D eigenvalue weighted by molar-refractivity contribution is -0.120. The fourth-order valence-electron chi connectivity index (χ4n) is 2.44. The molecule has 0 saturated carbocycles. The van der Waals surface area contributed by atoms with E-state index in [1.54, 1.807) is 12.1 Å². The number of carbonyl (C=O) groups excluding carboxylic acids is 1. The van der Waals surface area contributed by atoms with Crippen LogP contribution in [0.2, 0.25) is 0 Å². The fourth-order valence-corrected chi connectivity index (χ4v) is 2.44. The average Bonchev–Trinajstić information content (AvgIpc) is 2.99. The number of phenols is 1. The van der Waals surface area contributed by atoms with E-state index < -0.39 is 0 Å². The number of ether oxygens (including phenoxy) is 1. The molecule has 1 heterocycles. The number of amides is 1. The van der Waals surface area contributed by atoms with Gasteiger partial charge in [-0.25, -0.2) is 5.43 Å². The minimum absolute atomic E-state index is 0.0537. The summed E-state index contributed by atoms with van der Waals surface area (Å²) >= 11 is 0. The normalized spacial score (nSPS) is 11.0. The van der Waals surface area contributed by atoms with E-state index >= 15 is 0 Å². The summed E-state index contributed by atoms with van der Waals surface area (Å²) in [6.07, 6.45) is 3.56. The Morgan fingerprint density at radius 2 is 2.17 bits per heavy atom. The molecular formula is C18H17N3O3. The van der Waals surface area contributed by atoms with Gasteiger partial charge in [0, 0.05) is 17.1 Å². The van der Waals surface area contributed by atoms with Crippen molar-refractivity contribution in [2.24, 2.45) is 5.10 Å². The SMILES string of the molecule is COc1cc(C=NNC(=O)Cc2c[nH]c3ccccc23)ccc1O. The Morgan fingerprint density at radius 1 is 1.33 bits per heavy atom.